The maximum absolute atomic E-state index is 12.8. The minimum atomic E-state index is -4.01. The molecule has 0 unspecified atom stereocenters. The van der Waals surface area contributed by atoms with Crippen molar-refractivity contribution < 1.29 is 23.1 Å². The van der Waals surface area contributed by atoms with E-state index in [1.807, 2.05) is 0 Å². The number of ether oxygens (including phenoxy) is 1. The lowest BCUT2D eigenvalue weighted by Crippen LogP contribution is -2.17. The van der Waals surface area contributed by atoms with Gasteiger partial charge in [0, 0.05) is 13.2 Å². The van der Waals surface area contributed by atoms with Crippen molar-refractivity contribution in [3.05, 3.63) is 65.4 Å². The van der Waals surface area contributed by atoms with Gasteiger partial charge in [-0.25, -0.2) is 8.42 Å². The number of carbonyl (C=O) groups is 1. The van der Waals surface area contributed by atoms with Crippen LogP contribution in [0.3, 0.4) is 0 Å². The highest BCUT2D eigenvalue weighted by Gasteiger charge is 2.20. The fourth-order valence-corrected chi connectivity index (χ4v) is 4.00. The van der Waals surface area contributed by atoms with Gasteiger partial charge in [0.1, 0.15) is 17.2 Å². The number of nitrogens with one attached hydrogen (secondary N) is 2. The highest BCUT2D eigenvalue weighted by Crippen LogP contribution is 2.30. The molecule has 29 heavy (non-hydrogen) atoms. The second-order valence-corrected chi connectivity index (χ2v) is 8.21. The Balaban J connectivity index is 1.89. The van der Waals surface area contributed by atoms with Crippen LogP contribution in [0.25, 0.3) is 0 Å². The van der Waals surface area contributed by atoms with Crippen LogP contribution in [0.15, 0.2) is 59.6 Å². The van der Waals surface area contributed by atoms with Crippen LogP contribution in [0.4, 0.5) is 11.4 Å². The number of phenolic OH excluding ortho intramolecular Hbond substituents is 1. The van der Waals surface area contributed by atoms with Crippen LogP contribution in [0.5, 0.6) is 11.5 Å². The summed E-state index contributed by atoms with van der Waals surface area (Å²) in [5, 5.41) is 12.9. The molecule has 0 saturated heterocycles. The number of aryl methyl sites for hydroxylation is 1. The highest BCUT2D eigenvalue weighted by molar-refractivity contribution is 7.92. The van der Waals surface area contributed by atoms with Crippen molar-refractivity contribution in [3.8, 4) is 11.5 Å². The SMILES string of the molecule is COc1ccccc1NS(=O)(=O)c1ccc(O)c(NC(=O)c2cc(Cl)cn2C)c1. The number of aromatic hydroxyl groups is 1. The van der Waals surface area contributed by atoms with Gasteiger partial charge in [-0.3, -0.25) is 9.52 Å². The molecule has 2 aromatic carbocycles. The van der Waals surface area contributed by atoms with Crippen molar-refractivity contribution in [1.29, 1.82) is 0 Å². The molecule has 10 heteroatoms. The summed E-state index contributed by atoms with van der Waals surface area (Å²) in [5.74, 6) is -0.485. The molecule has 3 rings (SSSR count). The number of benzene rings is 2. The molecule has 0 aliphatic rings. The molecular weight excluding hydrogens is 418 g/mol. The smallest absolute Gasteiger partial charge is 0.272 e. The molecule has 3 aromatic rings. The topological polar surface area (TPSA) is 110 Å². The van der Waals surface area contributed by atoms with E-state index in [1.165, 1.54) is 29.9 Å². The largest absolute Gasteiger partial charge is 0.506 e. The van der Waals surface area contributed by atoms with Gasteiger partial charge in [0.25, 0.3) is 15.9 Å². The zero-order chi connectivity index (χ0) is 21.2. The molecule has 8 nitrogen and oxygen atoms in total. The number of phenols is 1. The van der Waals surface area contributed by atoms with Gasteiger partial charge in [-0.1, -0.05) is 23.7 Å². The first kappa shape index (κ1) is 20.6. The van der Waals surface area contributed by atoms with E-state index in [2.05, 4.69) is 10.0 Å². The monoisotopic (exact) mass is 435 g/mol. The Labute approximate surface area is 172 Å². The molecule has 0 fully saturated rings. The second-order valence-electron chi connectivity index (χ2n) is 6.09. The van der Waals surface area contributed by atoms with Crippen molar-refractivity contribution >= 4 is 38.9 Å². The number of para-hydroxylation sites is 2. The van der Waals surface area contributed by atoms with E-state index in [-0.39, 0.29) is 27.7 Å². The average Bonchev–Trinajstić information content (AvgIpc) is 3.01. The Kier molecular flexibility index (Phi) is 5.71. The van der Waals surface area contributed by atoms with Crippen LogP contribution in [-0.4, -0.2) is 31.1 Å². The summed E-state index contributed by atoms with van der Waals surface area (Å²) in [5.41, 5.74) is 0.442. The lowest BCUT2D eigenvalue weighted by Gasteiger charge is -2.13. The number of sulfonamides is 1. The summed E-state index contributed by atoms with van der Waals surface area (Å²) in [6, 6.07) is 11.6. The van der Waals surface area contributed by atoms with Crippen LogP contribution < -0.4 is 14.8 Å². The zero-order valence-electron chi connectivity index (χ0n) is 15.5. The van der Waals surface area contributed by atoms with Crippen molar-refractivity contribution in [2.75, 3.05) is 17.1 Å². The molecule has 0 atom stereocenters. The Morgan fingerprint density at radius 3 is 2.52 bits per heavy atom. The first-order valence-corrected chi connectivity index (χ1v) is 10.2. The quantitative estimate of drug-likeness (QED) is 0.514. The first-order valence-electron chi connectivity index (χ1n) is 8.33. The number of anilines is 2. The summed E-state index contributed by atoms with van der Waals surface area (Å²) in [6.45, 7) is 0. The van der Waals surface area contributed by atoms with Gasteiger partial charge < -0.3 is 19.7 Å². The minimum Gasteiger partial charge on any atom is -0.506 e. The summed E-state index contributed by atoms with van der Waals surface area (Å²) >= 11 is 5.88. The predicted octanol–water partition coefficient (Wildman–Crippen LogP) is 3.45. The van der Waals surface area contributed by atoms with E-state index in [9.17, 15) is 18.3 Å². The number of aromatic nitrogens is 1. The molecule has 152 valence electrons. The second kappa shape index (κ2) is 8.06. The number of hydrogen-bond acceptors (Lipinski definition) is 5. The molecule has 0 radical (unpaired) electrons. The van der Waals surface area contributed by atoms with Gasteiger partial charge >= 0.3 is 0 Å². The molecule has 1 amide bonds. The minimum absolute atomic E-state index is 0.0600. The van der Waals surface area contributed by atoms with Crippen LogP contribution in [0, 0.1) is 0 Å². The van der Waals surface area contributed by atoms with Crippen LogP contribution in [-0.2, 0) is 17.1 Å². The van der Waals surface area contributed by atoms with Crippen molar-refractivity contribution in [2.45, 2.75) is 4.90 Å². The third-order valence-electron chi connectivity index (χ3n) is 4.08. The summed E-state index contributed by atoms with van der Waals surface area (Å²) < 4.78 is 34.6. The number of amides is 1. The third kappa shape index (κ3) is 4.47. The van der Waals surface area contributed by atoms with E-state index < -0.39 is 15.9 Å². The lowest BCUT2D eigenvalue weighted by molar-refractivity contribution is 0.101. The molecule has 0 saturated carbocycles. The van der Waals surface area contributed by atoms with Crippen molar-refractivity contribution in [2.24, 2.45) is 7.05 Å². The normalized spacial score (nSPS) is 11.1. The molecule has 0 spiro atoms. The van der Waals surface area contributed by atoms with Crippen LogP contribution in [0.2, 0.25) is 5.02 Å². The number of nitrogens with zero attached hydrogens (tertiary/aromatic N) is 1. The van der Waals surface area contributed by atoms with Crippen LogP contribution >= 0.6 is 11.6 Å². The van der Waals surface area contributed by atoms with Crippen molar-refractivity contribution in [3.63, 3.8) is 0 Å². The number of carbonyl (C=O) groups excluding carboxylic acids is 1. The van der Waals surface area contributed by atoms with E-state index in [0.29, 0.717) is 10.8 Å². The van der Waals surface area contributed by atoms with Crippen LogP contribution in [0.1, 0.15) is 10.5 Å². The van der Waals surface area contributed by atoms with Gasteiger partial charge in [0.05, 0.1) is 28.4 Å². The van der Waals surface area contributed by atoms with Gasteiger partial charge in [-0.2, -0.15) is 0 Å². The fourth-order valence-electron chi connectivity index (χ4n) is 2.65. The molecule has 0 aliphatic heterocycles. The van der Waals surface area contributed by atoms with E-state index in [1.54, 1.807) is 37.5 Å². The third-order valence-corrected chi connectivity index (χ3v) is 5.65. The molecular formula is C19H18ClN3O5S. The van der Waals surface area contributed by atoms with E-state index in [4.69, 9.17) is 16.3 Å². The lowest BCUT2D eigenvalue weighted by atomic mass is 10.3. The number of hydrogen-bond donors (Lipinski definition) is 3. The summed E-state index contributed by atoms with van der Waals surface area (Å²) in [7, 11) is -0.943. The van der Waals surface area contributed by atoms with Crippen molar-refractivity contribution in [1.82, 2.24) is 4.57 Å². The maximum Gasteiger partial charge on any atom is 0.272 e. The van der Waals surface area contributed by atoms with Gasteiger partial charge in [-0.15, -0.1) is 0 Å². The van der Waals surface area contributed by atoms with Gasteiger partial charge in [-0.05, 0) is 36.4 Å². The Morgan fingerprint density at radius 1 is 1.14 bits per heavy atom. The molecule has 3 N–H and O–H groups in total. The average molecular weight is 436 g/mol. The molecule has 1 heterocycles. The standard InChI is InChI=1S/C19H18ClN3O5S/c1-23-11-12(20)9-16(23)19(25)21-15-10-13(7-8-17(15)24)29(26,27)22-14-5-3-4-6-18(14)28-2/h3-11,22,24H,1-2H3,(H,21,25). The Bertz CT molecular complexity index is 1170. The molecule has 0 aliphatic carbocycles. The number of rotatable bonds is 6. The molecule has 1 aromatic heterocycles. The maximum atomic E-state index is 12.8. The van der Waals surface area contributed by atoms with E-state index >= 15 is 0 Å². The molecule has 0 bridgehead atoms. The highest BCUT2D eigenvalue weighted by atomic mass is 35.5. The number of halogens is 1. The number of methoxy groups -OCH3 is 1. The zero-order valence-corrected chi connectivity index (χ0v) is 17.1. The fraction of sp³-hybridized carbons (Fsp3) is 0.105. The summed E-state index contributed by atoms with van der Waals surface area (Å²) in [6.07, 6.45) is 1.55. The van der Waals surface area contributed by atoms with E-state index in [0.717, 1.165) is 6.07 Å². The van der Waals surface area contributed by atoms with Gasteiger partial charge in [0.15, 0.2) is 0 Å². The Hall–Kier alpha value is -3.17. The summed E-state index contributed by atoms with van der Waals surface area (Å²) in [4.78, 5) is 12.3. The first-order chi connectivity index (χ1) is 13.7. The van der Waals surface area contributed by atoms with Gasteiger partial charge in [0.2, 0.25) is 0 Å². The Morgan fingerprint density at radius 2 is 1.86 bits per heavy atom. The predicted molar refractivity (Wildman–Crippen MR) is 110 cm³/mol.